The first-order valence-corrected chi connectivity index (χ1v) is 11.6. The topological polar surface area (TPSA) is 96.2 Å². The van der Waals surface area contributed by atoms with Crippen LogP contribution in [0.1, 0.15) is 41.8 Å². The Labute approximate surface area is 202 Å². The van der Waals surface area contributed by atoms with Gasteiger partial charge in [-0.3, -0.25) is 4.79 Å². The Bertz CT molecular complexity index is 1120. The van der Waals surface area contributed by atoms with Gasteiger partial charge >= 0.3 is 0 Å². The Balaban J connectivity index is 1.40. The second kappa shape index (κ2) is 9.97. The van der Waals surface area contributed by atoms with Crippen LogP contribution >= 0.6 is 23.2 Å². The highest BCUT2D eigenvalue weighted by Crippen LogP contribution is 2.37. The molecule has 1 aromatic carbocycles. The molecule has 1 aliphatic rings. The summed E-state index contributed by atoms with van der Waals surface area (Å²) in [6.07, 6.45) is 5.21. The lowest BCUT2D eigenvalue weighted by atomic mass is 9.91. The zero-order valence-corrected chi connectivity index (χ0v) is 20.2. The van der Waals surface area contributed by atoms with Crippen molar-refractivity contribution >= 4 is 40.9 Å². The fourth-order valence-electron chi connectivity index (χ4n) is 4.02. The summed E-state index contributed by atoms with van der Waals surface area (Å²) in [6.45, 7) is 1.71. The third-order valence-corrected chi connectivity index (χ3v) is 6.41. The number of halogens is 2. The first kappa shape index (κ1) is 23.3. The molecule has 33 heavy (non-hydrogen) atoms. The van der Waals surface area contributed by atoms with E-state index in [2.05, 4.69) is 25.8 Å². The summed E-state index contributed by atoms with van der Waals surface area (Å²) in [7, 11) is 3.89. The van der Waals surface area contributed by atoms with Crippen LogP contribution in [0.25, 0.3) is 11.3 Å². The normalized spacial score (nSPS) is 18.1. The largest absolute Gasteiger partial charge is 0.363 e. The highest BCUT2D eigenvalue weighted by atomic mass is 35.5. The van der Waals surface area contributed by atoms with Crippen molar-refractivity contribution in [1.29, 1.82) is 0 Å². The van der Waals surface area contributed by atoms with E-state index in [1.165, 1.54) is 0 Å². The molecule has 0 radical (unpaired) electrons. The van der Waals surface area contributed by atoms with Gasteiger partial charge in [0, 0.05) is 37.9 Å². The lowest BCUT2D eigenvalue weighted by Crippen LogP contribution is -2.40. The number of aromatic nitrogens is 3. The predicted octanol–water partition coefficient (Wildman–Crippen LogP) is 4.97. The molecule has 0 bridgehead atoms. The third-order valence-electron chi connectivity index (χ3n) is 5.78. The molecule has 0 saturated heterocycles. The lowest BCUT2D eigenvalue weighted by molar-refractivity contribution is 0.0925. The van der Waals surface area contributed by atoms with Gasteiger partial charge in [0.1, 0.15) is 22.8 Å². The number of rotatable bonds is 6. The van der Waals surface area contributed by atoms with E-state index >= 15 is 0 Å². The average Bonchev–Trinajstić information content (AvgIpc) is 3.16. The van der Waals surface area contributed by atoms with E-state index in [4.69, 9.17) is 27.7 Å². The number of aryl methyl sites for hydroxylation is 1. The van der Waals surface area contributed by atoms with Crippen molar-refractivity contribution in [3.8, 4) is 11.3 Å². The van der Waals surface area contributed by atoms with Crippen LogP contribution in [0.3, 0.4) is 0 Å². The maximum atomic E-state index is 13.1. The highest BCUT2D eigenvalue weighted by Gasteiger charge is 2.28. The van der Waals surface area contributed by atoms with E-state index < -0.39 is 0 Å². The van der Waals surface area contributed by atoms with Crippen molar-refractivity contribution in [1.82, 2.24) is 20.4 Å². The first-order valence-electron chi connectivity index (χ1n) is 10.8. The second-order valence-corrected chi connectivity index (χ2v) is 9.17. The van der Waals surface area contributed by atoms with Gasteiger partial charge < -0.3 is 20.1 Å². The van der Waals surface area contributed by atoms with Crippen LogP contribution in [0, 0.1) is 6.92 Å². The maximum absolute atomic E-state index is 13.1. The third kappa shape index (κ3) is 5.23. The van der Waals surface area contributed by atoms with Crippen LogP contribution in [-0.2, 0) is 0 Å². The van der Waals surface area contributed by atoms with Crippen molar-refractivity contribution in [2.75, 3.05) is 24.3 Å². The Morgan fingerprint density at radius 2 is 1.76 bits per heavy atom. The number of anilines is 2. The lowest BCUT2D eigenvalue weighted by Gasteiger charge is -2.29. The molecule has 0 spiro atoms. The zero-order chi connectivity index (χ0) is 23.5. The molecule has 8 nitrogen and oxygen atoms in total. The smallest absolute Gasteiger partial charge is 0.257 e. The number of nitrogens with zero attached hydrogens (tertiary/aromatic N) is 4. The number of carbonyl (C=O) groups is 1. The summed E-state index contributed by atoms with van der Waals surface area (Å²) in [5.41, 5.74) is 1.21. The van der Waals surface area contributed by atoms with E-state index in [0.717, 1.165) is 31.5 Å². The average molecular weight is 489 g/mol. The number of carbonyl (C=O) groups excluding carboxylic acids is 1. The molecule has 0 atom stereocenters. The van der Waals surface area contributed by atoms with Crippen molar-refractivity contribution in [2.24, 2.45) is 0 Å². The van der Waals surface area contributed by atoms with Crippen LogP contribution in [0.5, 0.6) is 0 Å². The minimum absolute atomic E-state index is 0.0495. The molecule has 1 aliphatic carbocycles. The molecule has 0 aliphatic heterocycles. The van der Waals surface area contributed by atoms with Crippen LogP contribution in [0.2, 0.25) is 10.0 Å². The fraction of sp³-hybridized carbons (Fsp3) is 0.391. The van der Waals surface area contributed by atoms with E-state index in [0.29, 0.717) is 38.6 Å². The van der Waals surface area contributed by atoms with Crippen LogP contribution in [0.4, 0.5) is 11.8 Å². The first-order chi connectivity index (χ1) is 15.8. The number of benzene rings is 1. The summed E-state index contributed by atoms with van der Waals surface area (Å²) in [5, 5.41) is 11.4. The molecule has 2 heterocycles. The molecule has 1 saturated carbocycles. The van der Waals surface area contributed by atoms with E-state index in [-0.39, 0.29) is 18.0 Å². The standard InChI is InChI=1S/C23H26Cl2N6O2/c1-13-19(21(30-33-13)20-16(24)5-4-6-17(20)25)22(32)27-14-7-9-15(10-8-14)28-23-26-12-11-18(29-23)31(2)3/h4-6,11-12,14-15H,7-10H2,1-3H3,(H,27,32)(H,26,28,29)/t14-,15+. The summed E-state index contributed by atoms with van der Waals surface area (Å²) >= 11 is 12.7. The molecule has 10 heteroatoms. The van der Waals surface area contributed by atoms with Gasteiger partial charge in [-0.15, -0.1) is 0 Å². The Morgan fingerprint density at radius 3 is 2.42 bits per heavy atom. The van der Waals surface area contributed by atoms with Gasteiger partial charge in [0.25, 0.3) is 5.91 Å². The molecule has 174 valence electrons. The highest BCUT2D eigenvalue weighted by molar-refractivity contribution is 6.39. The van der Waals surface area contributed by atoms with Gasteiger partial charge in [0.05, 0.1) is 10.0 Å². The van der Waals surface area contributed by atoms with E-state index in [9.17, 15) is 4.79 Å². The van der Waals surface area contributed by atoms with Crippen molar-refractivity contribution in [3.05, 3.63) is 51.8 Å². The molecular formula is C23H26Cl2N6O2. The van der Waals surface area contributed by atoms with Crippen molar-refractivity contribution in [3.63, 3.8) is 0 Å². The molecule has 2 N–H and O–H groups in total. The van der Waals surface area contributed by atoms with Crippen LogP contribution < -0.4 is 15.5 Å². The number of hydrogen-bond donors (Lipinski definition) is 2. The minimum Gasteiger partial charge on any atom is -0.363 e. The number of nitrogens with one attached hydrogen (secondary N) is 2. The van der Waals surface area contributed by atoms with Gasteiger partial charge in [-0.05, 0) is 50.8 Å². The van der Waals surface area contributed by atoms with Gasteiger partial charge in [-0.2, -0.15) is 4.98 Å². The summed E-state index contributed by atoms with van der Waals surface area (Å²) in [6, 6.07) is 7.34. The molecule has 2 aromatic heterocycles. The number of amides is 1. The Hall–Kier alpha value is -2.84. The summed E-state index contributed by atoms with van der Waals surface area (Å²) in [4.78, 5) is 23.9. The molecule has 1 amide bonds. The van der Waals surface area contributed by atoms with Crippen LogP contribution in [-0.4, -0.2) is 47.2 Å². The van der Waals surface area contributed by atoms with Crippen LogP contribution in [0.15, 0.2) is 35.0 Å². The quantitative estimate of drug-likeness (QED) is 0.505. The maximum Gasteiger partial charge on any atom is 0.257 e. The SMILES string of the molecule is Cc1onc(-c2c(Cl)cccc2Cl)c1C(=O)N[C@H]1CC[C@@H](Nc2nccc(N(C)C)n2)CC1. The predicted molar refractivity (Wildman–Crippen MR) is 130 cm³/mol. The Morgan fingerprint density at radius 1 is 1.09 bits per heavy atom. The van der Waals surface area contributed by atoms with Crippen molar-refractivity contribution in [2.45, 2.75) is 44.7 Å². The minimum atomic E-state index is -0.238. The van der Waals surface area contributed by atoms with Gasteiger partial charge in [-0.25, -0.2) is 4.98 Å². The van der Waals surface area contributed by atoms with Gasteiger partial charge in [0.2, 0.25) is 5.95 Å². The van der Waals surface area contributed by atoms with E-state index in [1.54, 1.807) is 31.3 Å². The number of hydrogen-bond acceptors (Lipinski definition) is 7. The summed E-state index contributed by atoms with van der Waals surface area (Å²) < 4.78 is 5.32. The molecular weight excluding hydrogens is 463 g/mol. The summed E-state index contributed by atoms with van der Waals surface area (Å²) in [5.74, 6) is 1.66. The fourth-order valence-corrected chi connectivity index (χ4v) is 4.60. The Kier molecular flexibility index (Phi) is 7.05. The second-order valence-electron chi connectivity index (χ2n) is 8.36. The zero-order valence-electron chi connectivity index (χ0n) is 18.7. The molecule has 0 unspecified atom stereocenters. The van der Waals surface area contributed by atoms with Crippen molar-refractivity contribution < 1.29 is 9.32 Å². The molecule has 4 rings (SSSR count). The molecule has 1 fully saturated rings. The molecule has 3 aromatic rings. The van der Waals surface area contributed by atoms with Gasteiger partial charge in [-0.1, -0.05) is 34.4 Å². The monoisotopic (exact) mass is 488 g/mol. The van der Waals surface area contributed by atoms with E-state index in [1.807, 2.05) is 25.1 Å². The van der Waals surface area contributed by atoms with Gasteiger partial charge in [0.15, 0.2) is 0 Å².